The molecule has 0 aromatic carbocycles. The number of nitro groups is 1. The molecular weight excluding hydrogens is 174 g/mol. The van der Waals surface area contributed by atoms with Gasteiger partial charge in [0.1, 0.15) is 11.9 Å². The van der Waals surface area contributed by atoms with Crippen LogP contribution < -0.4 is 5.73 Å². The highest BCUT2D eigenvalue weighted by Crippen LogP contribution is 1.98. The van der Waals surface area contributed by atoms with E-state index in [-0.39, 0.29) is 11.4 Å². The van der Waals surface area contributed by atoms with Gasteiger partial charge in [0.05, 0.1) is 18.3 Å². The van der Waals surface area contributed by atoms with E-state index in [1.165, 1.54) is 26.5 Å². The van der Waals surface area contributed by atoms with Gasteiger partial charge in [0.15, 0.2) is 0 Å². The van der Waals surface area contributed by atoms with Crippen LogP contribution in [0.3, 0.4) is 0 Å². The van der Waals surface area contributed by atoms with E-state index in [0.29, 0.717) is 0 Å². The highest BCUT2D eigenvalue weighted by atomic mass is 16.6. The number of hydrogen-bond donors (Lipinski definition) is 1. The van der Waals surface area contributed by atoms with E-state index in [9.17, 15) is 10.1 Å². The highest BCUT2D eigenvalue weighted by molar-refractivity contribution is 5.76. The lowest BCUT2D eigenvalue weighted by molar-refractivity contribution is -0.415. The number of aliphatic imine (C=N–C) groups is 1. The number of allylic oxidation sites excluding steroid dienone is 2. The molecule has 0 saturated heterocycles. The van der Waals surface area contributed by atoms with Crippen molar-refractivity contribution < 1.29 is 9.66 Å². The predicted molar refractivity (Wildman–Crippen MR) is 48.8 cm³/mol. The maximum absolute atomic E-state index is 10.4. The van der Waals surface area contributed by atoms with Gasteiger partial charge in [-0.2, -0.15) is 0 Å². The molecule has 0 rings (SSSR count). The molecule has 0 aromatic heterocycles. The normalized spacial score (nSPS) is 13.4. The number of hydrogen-bond acceptors (Lipinski definition) is 5. The Bertz CT molecular complexity index is 268. The van der Waals surface area contributed by atoms with E-state index in [1.54, 1.807) is 0 Å². The Morgan fingerprint density at radius 1 is 1.69 bits per heavy atom. The summed E-state index contributed by atoms with van der Waals surface area (Å²) in [5.74, 6) is 0. The Balaban J connectivity index is 4.85. The third kappa shape index (κ3) is 3.90. The van der Waals surface area contributed by atoms with Crippen LogP contribution in [0.15, 0.2) is 28.7 Å². The molecular formula is C7H11N3O3. The zero-order valence-corrected chi connectivity index (χ0v) is 7.43. The van der Waals surface area contributed by atoms with Crippen LogP contribution >= 0.6 is 0 Å². The smallest absolute Gasteiger partial charge is 0.309 e. The topological polar surface area (TPSA) is 90.8 Å². The molecule has 0 atom stereocenters. The number of nitrogens with zero attached hydrogens (tertiary/aromatic N) is 2. The van der Waals surface area contributed by atoms with Crippen molar-refractivity contribution in [2.24, 2.45) is 10.7 Å². The molecule has 72 valence electrons. The van der Waals surface area contributed by atoms with E-state index >= 15 is 0 Å². The molecule has 0 aliphatic carbocycles. The van der Waals surface area contributed by atoms with Crippen molar-refractivity contribution in [3.05, 3.63) is 33.8 Å². The first-order chi connectivity index (χ1) is 6.13. The van der Waals surface area contributed by atoms with Crippen LogP contribution in [0.1, 0.15) is 0 Å². The minimum absolute atomic E-state index is 0.00236. The van der Waals surface area contributed by atoms with Crippen molar-refractivity contribution in [3.63, 3.8) is 0 Å². The first kappa shape index (κ1) is 11.2. The van der Waals surface area contributed by atoms with Gasteiger partial charge in [-0.05, 0) is 0 Å². The highest BCUT2D eigenvalue weighted by Gasteiger charge is 2.10. The lowest BCUT2D eigenvalue weighted by atomic mass is 10.3. The Hall–Kier alpha value is -1.85. The van der Waals surface area contributed by atoms with Gasteiger partial charge in [-0.15, -0.1) is 0 Å². The average molecular weight is 185 g/mol. The molecule has 6 nitrogen and oxygen atoms in total. The van der Waals surface area contributed by atoms with E-state index < -0.39 is 4.92 Å². The zero-order valence-electron chi connectivity index (χ0n) is 7.43. The van der Waals surface area contributed by atoms with Crippen LogP contribution in [0.5, 0.6) is 0 Å². The standard InChI is InChI=1S/C7H11N3O3/c1-9-5-7(10(11)12)6(8)3-4-13-2/h3-5H,8H2,1-2H3/b4-3+,7-6?,9-5?. The van der Waals surface area contributed by atoms with Gasteiger partial charge >= 0.3 is 5.70 Å². The summed E-state index contributed by atoms with van der Waals surface area (Å²) < 4.78 is 4.56. The van der Waals surface area contributed by atoms with Crippen LogP contribution in [0.2, 0.25) is 0 Å². The van der Waals surface area contributed by atoms with Crippen molar-refractivity contribution in [1.29, 1.82) is 0 Å². The third-order valence-corrected chi connectivity index (χ3v) is 1.13. The van der Waals surface area contributed by atoms with E-state index in [2.05, 4.69) is 9.73 Å². The van der Waals surface area contributed by atoms with Crippen molar-refractivity contribution in [1.82, 2.24) is 0 Å². The second-order valence-corrected chi connectivity index (χ2v) is 2.02. The SMILES string of the molecule is CN=CC(=C(N)/C=C/OC)[N+](=O)[O-]. The van der Waals surface area contributed by atoms with Crippen molar-refractivity contribution in [2.75, 3.05) is 14.2 Å². The Labute approximate surface area is 75.6 Å². The Morgan fingerprint density at radius 3 is 2.69 bits per heavy atom. The fourth-order valence-electron chi connectivity index (χ4n) is 0.576. The maximum Gasteiger partial charge on any atom is 0.309 e. The third-order valence-electron chi connectivity index (χ3n) is 1.13. The van der Waals surface area contributed by atoms with E-state index in [0.717, 1.165) is 6.21 Å². The van der Waals surface area contributed by atoms with Gasteiger partial charge in [-0.25, -0.2) is 0 Å². The molecule has 6 heteroatoms. The van der Waals surface area contributed by atoms with Gasteiger partial charge in [-0.1, -0.05) is 0 Å². The van der Waals surface area contributed by atoms with Gasteiger partial charge in [0.25, 0.3) is 0 Å². The molecule has 0 unspecified atom stereocenters. The maximum atomic E-state index is 10.4. The zero-order chi connectivity index (χ0) is 10.3. The summed E-state index contributed by atoms with van der Waals surface area (Å²) in [5, 5.41) is 10.4. The fourth-order valence-corrected chi connectivity index (χ4v) is 0.576. The lowest BCUT2D eigenvalue weighted by Crippen LogP contribution is -2.09. The summed E-state index contributed by atoms with van der Waals surface area (Å²) in [5.41, 5.74) is 5.11. The van der Waals surface area contributed by atoms with Crippen LogP contribution in [-0.4, -0.2) is 25.3 Å². The fraction of sp³-hybridized carbons (Fsp3) is 0.286. The van der Waals surface area contributed by atoms with Gasteiger partial charge < -0.3 is 10.5 Å². The van der Waals surface area contributed by atoms with Crippen molar-refractivity contribution in [3.8, 4) is 0 Å². The van der Waals surface area contributed by atoms with Crippen molar-refractivity contribution in [2.45, 2.75) is 0 Å². The molecule has 0 aromatic rings. The molecule has 0 radical (unpaired) electrons. The molecule has 0 saturated carbocycles. The summed E-state index contributed by atoms with van der Waals surface area (Å²) >= 11 is 0. The summed E-state index contributed by atoms with van der Waals surface area (Å²) in [6.45, 7) is 0. The number of nitrogens with two attached hydrogens (primary N) is 1. The van der Waals surface area contributed by atoms with Crippen molar-refractivity contribution >= 4 is 6.21 Å². The second-order valence-electron chi connectivity index (χ2n) is 2.02. The number of ether oxygens (including phenoxy) is 1. The van der Waals surface area contributed by atoms with Gasteiger partial charge in [0, 0.05) is 13.1 Å². The summed E-state index contributed by atoms with van der Waals surface area (Å²) in [7, 11) is 2.85. The minimum Gasteiger partial charge on any atom is -0.504 e. The van der Waals surface area contributed by atoms with Crippen LogP contribution in [-0.2, 0) is 4.74 Å². The van der Waals surface area contributed by atoms with Crippen LogP contribution in [0.25, 0.3) is 0 Å². The molecule has 0 amide bonds. The van der Waals surface area contributed by atoms with Gasteiger partial charge in [-0.3, -0.25) is 15.1 Å². The molecule has 2 N–H and O–H groups in total. The van der Waals surface area contributed by atoms with E-state index in [4.69, 9.17) is 5.73 Å². The molecule has 0 aliphatic heterocycles. The molecule has 0 heterocycles. The first-order valence-electron chi connectivity index (χ1n) is 3.39. The quantitative estimate of drug-likeness (QED) is 0.224. The molecule has 0 spiro atoms. The predicted octanol–water partition coefficient (Wildman–Crippen LogP) is 0.294. The largest absolute Gasteiger partial charge is 0.504 e. The second kappa shape index (κ2) is 5.76. The number of rotatable bonds is 4. The molecule has 0 aliphatic rings. The van der Waals surface area contributed by atoms with Crippen LogP contribution in [0.4, 0.5) is 0 Å². The summed E-state index contributed by atoms with van der Waals surface area (Å²) in [4.78, 5) is 13.3. The number of methoxy groups -OCH3 is 1. The van der Waals surface area contributed by atoms with Gasteiger partial charge in [0.2, 0.25) is 0 Å². The lowest BCUT2D eigenvalue weighted by Gasteiger charge is -1.94. The van der Waals surface area contributed by atoms with E-state index in [1.807, 2.05) is 0 Å². The first-order valence-corrected chi connectivity index (χ1v) is 3.39. The summed E-state index contributed by atoms with van der Waals surface area (Å²) in [6.07, 6.45) is 3.62. The molecule has 0 bridgehead atoms. The minimum atomic E-state index is -0.609. The summed E-state index contributed by atoms with van der Waals surface area (Å²) in [6, 6.07) is 0. The Kier molecular flexibility index (Phi) is 4.94. The van der Waals surface area contributed by atoms with Crippen LogP contribution in [0, 0.1) is 10.1 Å². The Morgan fingerprint density at radius 2 is 2.31 bits per heavy atom. The average Bonchev–Trinajstić information content (AvgIpc) is 2.09. The monoisotopic (exact) mass is 185 g/mol. The molecule has 13 heavy (non-hydrogen) atoms. The molecule has 0 fully saturated rings.